The molecule has 1 unspecified atom stereocenters. The summed E-state index contributed by atoms with van der Waals surface area (Å²) in [5.74, 6) is 0. The fraction of sp³-hybridized carbons (Fsp3) is 0.800. The van der Waals surface area contributed by atoms with Crippen molar-refractivity contribution in [3.63, 3.8) is 0 Å². The number of hydrogen-bond donors (Lipinski definition) is 0. The van der Waals surface area contributed by atoms with Gasteiger partial charge in [-0.1, -0.05) is 0 Å². The molecule has 1 fully saturated rings. The number of ether oxygens (including phenoxy) is 1. The summed E-state index contributed by atoms with van der Waals surface area (Å²) in [6.07, 6.45) is 2.68. The molecule has 3 nitrogen and oxygen atoms in total. The maximum Gasteiger partial charge on any atom is 1.00 e. The molecule has 0 aromatic heterocycles. The molecular formula is C5H8LiO3-. The van der Waals surface area contributed by atoms with Gasteiger partial charge in [-0.15, -0.1) is 0 Å². The number of rotatable bonds is 1. The van der Waals surface area contributed by atoms with Crippen molar-refractivity contribution in [2.75, 3.05) is 0 Å². The van der Waals surface area contributed by atoms with Crippen LogP contribution in [-0.4, -0.2) is 24.0 Å². The third-order valence-electron chi connectivity index (χ3n) is 1.07. The molecule has 0 aliphatic carbocycles. The number of carbonyl (C=O) groups excluding carboxylic acids is 1. The first kappa shape index (κ1) is 11.9. The Hall–Kier alpha value is 0.187. The Morgan fingerprint density at radius 1 is 1.67 bits per heavy atom. The van der Waals surface area contributed by atoms with E-state index in [9.17, 15) is 4.79 Å². The van der Waals surface area contributed by atoms with Gasteiger partial charge in [0.25, 0.3) is 0 Å². The first-order valence-electron chi connectivity index (χ1n) is 2.36. The van der Waals surface area contributed by atoms with Gasteiger partial charge in [-0.25, -0.2) is 6.29 Å². The Labute approximate surface area is 66.2 Å². The summed E-state index contributed by atoms with van der Waals surface area (Å²) in [7, 11) is 0. The van der Waals surface area contributed by atoms with Crippen LogP contribution in [0.1, 0.15) is 13.3 Å². The van der Waals surface area contributed by atoms with E-state index in [1.165, 1.54) is 0 Å². The summed E-state index contributed by atoms with van der Waals surface area (Å²) in [5, 5.41) is 0. The van der Waals surface area contributed by atoms with Crippen LogP contribution < -0.4 is 18.9 Å². The van der Waals surface area contributed by atoms with Crippen LogP contribution in [0.15, 0.2) is 0 Å². The zero-order valence-electron chi connectivity index (χ0n) is 5.63. The maximum atomic E-state index is 9.68. The molecule has 4 heteroatoms. The van der Waals surface area contributed by atoms with Crippen LogP contribution in [0.4, 0.5) is 0 Å². The topological polar surface area (TPSA) is 56.3 Å². The van der Waals surface area contributed by atoms with Crippen molar-refractivity contribution in [2.24, 2.45) is 0 Å². The molecular weight excluding hydrogens is 115 g/mol. The molecule has 1 rings (SSSR count). The second-order valence-corrected chi connectivity index (χ2v) is 1.79. The smallest absolute Gasteiger partial charge is 0.870 e. The van der Waals surface area contributed by atoms with Crippen molar-refractivity contribution >= 4 is 6.29 Å². The average molecular weight is 123 g/mol. The molecule has 1 saturated heterocycles. The molecule has 0 radical (unpaired) electrons. The van der Waals surface area contributed by atoms with Crippen LogP contribution in [0, 0.1) is 0 Å². The van der Waals surface area contributed by atoms with Crippen molar-refractivity contribution in [1.29, 1.82) is 0 Å². The van der Waals surface area contributed by atoms with E-state index >= 15 is 0 Å². The summed E-state index contributed by atoms with van der Waals surface area (Å²) in [6.45, 7) is 1.94. The SMILES string of the molecule is C[C@H]1CC([C-]=O)O1.[Li+].[OH-]. The second-order valence-electron chi connectivity index (χ2n) is 1.79. The Kier molecular flexibility index (Phi) is 6.64. The summed E-state index contributed by atoms with van der Waals surface area (Å²) < 4.78 is 4.86. The van der Waals surface area contributed by atoms with Crippen LogP contribution >= 0.6 is 0 Å². The standard InChI is InChI=1S/C5H7O2.Li.H2O/c1-4-2-5(3-6)7-4;;/h4-5H,2H2,1H3;;1H2/q-1;+1;/p-1/t4-,5?;;/m0../s1. The molecule has 1 heterocycles. The largest absolute Gasteiger partial charge is 1.00 e. The van der Waals surface area contributed by atoms with E-state index in [2.05, 4.69) is 0 Å². The third-order valence-corrected chi connectivity index (χ3v) is 1.07. The fourth-order valence-corrected chi connectivity index (χ4v) is 0.647. The first-order valence-corrected chi connectivity index (χ1v) is 2.36. The second kappa shape index (κ2) is 5.01. The van der Waals surface area contributed by atoms with Gasteiger partial charge in [0.1, 0.15) is 0 Å². The van der Waals surface area contributed by atoms with Gasteiger partial charge in [-0.2, -0.15) is 0 Å². The van der Waals surface area contributed by atoms with Crippen molar-refractivity contribution in [3.8, 4) is 0 Å². The minimum absolute atomic E-state index is 0. The van der Waals surface area contributed by atoms with Gasteiger partial charge in [-0.05, 0) is 19.4 Å². The van der Waals surface area contributed by atoms with Crippen molar-refractivity contribution in [2.45, 2.75) is 25.6 Å². The normalized spacial score (nSPS) is 30.8. The van der Waals surface area contributed by atoms with Gasteiger partial charge in [0.2, 0.25) is 0 Å². The summed E-state index contributed by atoms with van der Waals surface area (Å²) >= 11 is 0. The quantitative estimate of drug-likeness (QED) is 0.277. The molecule has 0 aromatic carbocycles. The monoisotopic (exact) mass is 123 g/mol. The van der Waals surface area contributed by atoms with E-state index in [1.807, 2.05) is 6.92 Å². The van der Waals surface area contributed by atoms with E-state index < -0.39 is 0 Å². The fourth-order valence-electron chi connectivity index (χ4n) is 0.647. The van der Waals surface area contributed by atoms with Crippen molar-refractivity contribution in [3.05, 3.63) is 0 Å². The number of hydrogen-bond acceptors (Lipinski definition) is 3. The first-order chi connectivity index (χ1) is 3.33. The third kappa shape index (κ3) is 3.02. The Bertz CT molecular complexity index is 80.3. The van der Waals surface area contributed by atoms with Gasteiger partial charge in [0.05, 0.1) is 6.10 Å². The Morgan fingerprint density at radius 3 is 2.22 bits per heavy atom. The molecule has 1 N–H and O–H groups in total. The average Bonchev–Trinajstić information content (AvgIpc) is 1.58. The van der Waals surface area contributed by atoms with Crippen LogP contribution in [0.3, 0.4) is 0 Å². The van der Waals surface area contributed by atoms with Gasteiger partial charge < -0.3 is 15.0 Å². The van der Waals surface area contributed by atoms with E-state index in [0.29, 0.717) is 0 Å². The zero-order chi connectivity index (χ0) is 5.28. The molecule has 0 saturated carbocycles. The Morgan fingerprint density at radius 2 is 2.11 bits per heavy atom. The van der Waals surface area contributed by atoms with E-state index in [1.54, 1.807) is 6.29 Å². The van der Waals surface area contributed by atoms with Crippen LogP contribution in [0.2, 0.25) is 0 Å². The van der Waals surface area contributed by atoms with E-state index in [0.717, 1.165) is 6.42 Å². The predicted molar refractivity (Wildman–Crippen MR) is 26.6 cm³/mol. The van der Waals surface area contributed by atoms with Crippen LogP contribution in [-0.2, 0) is 9.53 Å². The van der Waals surface area contributed by atoms with Gasteiger partial charge in [0, 0.05) is 0 Å². The molecule has 0 bridgehead atoms. The van der Waals surface area contributed by atoms with Gasteiger partial charge >= 0.3 is 18.9 Å². The van der Waals surface area contributed by atoms with Crippen molar-refractivity contribution < 1.29 is 33.9 Å². The van der Waals surface area contributed by atoms with E-state index in [4.69, 9.17) is 4.74 Å². The maximum absolute atomic E-state index is 9.68. The summed E-state index contributed by atoms with van der Waals surface area (Å²) in [4.78, 5) is 9.68. The minimum Gasteiger partial charge on any atom is -0.870 e. The van der Waals surface area contributed by atoms with Gasteiger partial charge in [0.15, 0.2) is 0 Å². The molecule has 0 aromatic rings. The van der Waals surface area contributed by atoms with E-state index in [-0.39, 0.29) is 36.5 Å². The molecule has 0 spiro atoms. The molecule has 0 amide bonds. The van der Waals surface area contributed by atoms with Gasteiger partial charge in [-0.3, -0.25) is 0 Å². The summed E-state index contributed by atoms with van der Waals surface area (Å²) in [5.41, 5.74) is 0. The molecule has 2 atom stereocenters. The zero-order valence-corrected chi connectivity index (χ0v) is 5.63. The van der Waals surface area contributed by atoms with Crippen LogP contribution in [0.5, 0.6) is 0 Å². The van der Waals surface area contributed by atoms with Crippen molar-refractivity contribution in [1.82, 2.24) is 0 Å². The molecule has 1 aliphatic rings. The summed E-state index contributed by atoms with van der Waals surface area (Å²) in [6, 6.07) is 0. The van der Waals surface area contributed by atoms with Crippen LogP contribution in [0.25, 0.3) is 0 Å². The Balaban J connectivity index is 0. The minimum atomic E-state index is -0.213. The molecule has 9 heavy (non-hydrogen) atoms. The molecule has 48 valence electrons. The predicted octanol–water partition coefficient (Wildman–Crippen LogP) is -2.90. The molecule has 1 aliphatic heterocycles.